The van der Waals surface area contributed by atoms with Crippen molar-refractivity contribution in [3.05, 3.63) is 101 Å². The van der Waals surface area contributed by atoms with E-state index in [1.54, 1.807) is 24.3 Å². The Hall–Kier alpha value is -3.34. The van der Waals surface area contributed by atoms with Crippen molar-refractivity contribution in [3.8, 4) is 0 Å². The highest BCUT2D eigenvalue weighted by atomic mass is 32.2. The molecule has 10 heteroatoms. The summed E-state index contributed by atoms with van der Waals surface area (Å²) in [5, 5.41) is 19.8. The Balaban J connectivity index is 1.48. The summed E-state index contributed by atoms with van der Waals surface area (Å²) in [6, 6.07) is 15.9. The van der Waals surface area contributed by atoms with Crippen molar-refractivity contribution in [3.63, 3.8) is 0 Å². The molecule has 0 aromatic heterocycles. The number of nitrogens with one attached hydrogen (secondary N) is 3. The predicted molar refractivity (Wildman–Crippen MR) is 147 cm³/mol. The third-order valence-corrected chi connectivity index (χ3v) is 8.43. The van der Waals surface area contributed by atoms with Gasteiger partial charge in [-0.3, -0.25) is 0 Å². The molecule has 0 fully saturated rings. The zero-order valence-corrected chi connectivity index (χ0v) is 22.5. The minimum atomic E-state index is -3.34. The van der Waals surface area contributed by atoms with E-state index in [1.165, 1.54) is 12.1 Å². The highest BCUT2D eigenvalue weighted by molar-refractivity contribution is 7.90. The van der Waals surface area contributed by atoms with Crippen molar-refractivity contribution < 1.29 is 27.1 Å². The molecule has 3 atom stereocenters. The molecule has 4 rings (SSSR count). The predicted octanol–water partition coefficient (Wildman–Crippen LogP) is 4.27. The molecule has 39 heavy (non-hydrogen) atoms. The Bertz CT molecular complexity index is 1380. The van der Waals surface area contributed by atoms with Crippen LogP contribution in [0.1, 0.15) is 41.6 Å². The fraction of sp³-hybridized carbons (Fsp3) is 0.345. The summed E-state index contributed by atoms with van der Waals surface area (Å²) in [5.74, 6) is -1.54. The second kappa shape index (κ2) is 12.7. The fourth-order valence-electron chi connectivity index (χ4n) is 4.83. The molecular formula is C29H33F2N3O4S. The number of halogens is 2. The number of aryl methyl sites for hydroxylation is 2. The molecule has 0 unspecified atom stereocenters. The Morgan fingerprint density at radius 3 is 2.44 bits per heavy atom. The minimum Gasteiger partial charge on any atom is -0.390 e. The van der Waals surface area contributed by atoms with Crippen molar-refractivity contribution in [2.75, 3.05) is 17.6 Å². The van der Waals surface area contributed by atoms with Crippen LogP contribution in [0.2, 0.25) is 0 Å². The molecule has 208 valence electrons. The first-order valence-electron chi connectivity index (χ1n) is 12.9. The number of benzene rings is 3. The third kappa shape index (κ3) is 8.08. The SMILES string of the molecule is CCc1ccc2c(c1)[C@@H](NC[C@@H](O)[C@H](CCc1cc(F)cc(F)c1)NC(=O)Nc1ccccc1)CS(=O)(=O)C2. The van der Waals surface area contributed by atoms with Gasteiger partial charge in [0.05, 0.1) is 23.7 Å². The zero-order chi connectivity index (χ0) is 28.0. The number of carbonyl (C=O) groups is 1. The molecular weight excluding hydrogens is 524 g/mol. The summed E-state index contributed by atoms with van der Waals surface area (Å²) in [4.78, 5) is 12.7. The Kier molecular flexibility index (Phi) is 9.32. The molecule has 1 heterocycles. The minimum absolute atomic E-state index is 0.0101. The molecule has 0 saturated carbocycles. The van der Waals surface area contributed by atoms with Crippen LogP contribution >= 0.6 is 0 Å². The number of aliphatic hydroxyl groups excluding tert-OH is 1. The number of rotatable bonds is 10. The molecule has 0 aliphatic carbocycles. The van der Waals surface area contributed by atoms with Gasteiger partial charge in [-0.2, -0.15) is 0 Å². The summed E-state index contributed by atoms with van der Waals surface area (Å²) < 4.78 is 52.5. The second-order valence-electron chi connectivity index (χ2n) is 9.86. The summed E-state index contributed by atoms with van der Waals surface area (Å²) in [6.45, 7) is 2.01. The molecule has 3 aromatic rings. The maximum Gasteiger partial charge on any atom is 0.319 e. The van der Waals surface area contributed by atoms with Gasteiger partial charge in [-0.15, -0.1) is 0 Å². The number of para-hydroxylation sites is 1. The smallest absolute Gasteiger partial charge is 0.319 e. The van der Waals surface area contributed by atoms with Crippen LogP contribution in [0.15, 0.2) is 66.7 Å². The number of urea groups is 1. The van der Waals surface area contributed by atoms with Gasteiger partial charge >= 0.3 is 6.03 Å². The molecule has 1 aliphatic rings. The van der Waals surface area contributed by atoms with E-state index in [9.17, 15) is 27.1 Å². The summed E-state index contributed by atoms with van der Waals surface area (Å²) in [7, 11) is -3.34. The number of aliphatic hydroxyl groups is 1. The molecule has 3 aromatic carbocycles. The van der Waals surface area contributed by atoms with Crippen LogP contribution in [0.3, 0.4) is 0 Å². The topological polar surface area (TPSA) is 108 Å². The van der Waals surface area contributed by atoms with Crippen molar-refractivity contribution in [2.45, 2.75) is 50.1 Å². The molecule has 2 amide bonds. The lowest BCUT2D eigenvalue weighted by Crippen LogP contribution is -2.50. The van der Waals surface area contributed by atoms with E-state index in [4.69, 9.17) is 0 Å². The van der Waals surface area contributed by atoms with E-state index in [2.05, 4.69) is 16.0 Å². The quantitative estimate of drug-likeness (QED) is 0.298. The molecule has 1 aliphatic heterocycles. The normalized spacial score (nSPS) is 17.6. The first kappa shape index (κ1) is 28.7. The summed E-state index contributed by atoms with van der Waals surface area (Å²) >= 11 is 0. The fourth-order valence-corrected chi connectivity index (χ4v) is 6.49. The zero-order valence-electron chi connectivity index (χ0n) is 21.7. The highest BCUT2D eigenvalue weighted by Crippen LogP contribution is 2.29. The standard InChI is InChI=1S/C29H33F2N3O4S/c1-2-19-8-10-21-17-39(37,38)18-27(25(21)14-19)32-16-28(35)26(11-9-20-12-22(30)15-23(31)13-20)34-29(36)33-24-6-4-3-5-7-24/h3-8,10,12-15,26-28,32,35H,2,9,11,16-18H2,1H3,(H2,33,34,36)/t26-,27-,28+/m0/s1. The van der Waals surface area contributed by atoms with E-state index in [-0.39, 0.29) is 30.9 Å². The van der Waals surface area contributed by atoms with E-state index in [0.29, 0.717) is 11.3 Å². The first-order valence-corrected chi connectivity index (χ1v) is 14.7. The molecule has 0 spiro atoms. The third-order valence-electron chi connectivity index (χ3n) is 6.84. The van der Waals surface area contributed by atoms with Crippen LogP contribution in [-0.2, 0) is 28.4 Å². The highest BCUT2D eigenvalue weighted by Gasteiger charge is 2.31. The number of hydrogen-bond acceptors (Lipinski definition) is 5. The lowest BCUT2D eigenvalue weighted by atomic mass is 9.97. The maximum atomic E-state index is 13.7. The summed E-state index contributed by atoms with van der Waals surface area (Å²) in [5.41, 5.74) is 3.65. The second-order valence-corrected chi connectivity index (χ2v) is 12.0. The van der Waals surface area contributed by atoms with Crippen LogP contribution in [-0.4, -0.2) is 44.0 Å². The Morgan fingerprint density at radius 1 is 1.03 bits per heavy atom. The van der Waals surface area contributed by atoms with Crippen molar-refractivity contribution in [1.82, 2.24) is 10.6 Å². The molecule has 0 saturated heterocycles. The average molecular weight is 558 g/mol. The lowest BCUT2D eigenvalue weighted by Gasteiger charge is -2.30. The van der Waals surface area contributed by atoms with Gasteiger partial charge in [-0.25, -0.2) is 22.0 Å². The first-order chi connectivity index (χ1) is 18.6. The van der Waals surface area contributed by atoms with E-state index < -0.39 is 45.7 Å². The number of fused-ring (bicyclic) bond motifs is 1. The van der Waals surface area contributed by atoms with Gasteiger partial charge in [0.1, 0.15) is 11.6 Å². The number of hydrogen-bond donors (Lipinski definition) is 4. The van der Waals surface area contributed by atoms with Crippen molar-refractivity contribution >= 4 is 21.6 Å². The van der Waals surface area contributed by atoms with Crippen LogP contribution in [0.4, 0.5) is 19.3 Å². The van der Waals surface area contributed by atoms with Crippen LogP contribution in [0.25, 0.3) is 0 Å². The number of carbonyl (C=O) groups excluding carboxylic acids is 1. The van der Waals surface area contributed by atoms with Gasteiger partial charge in [-0.1, -0.05) is 43.3 Å². The summed E-state index contributed by atoms with van der Waals surface area (Å²) in [6.07, 6.45) is 0.0709. The molecule has 4 N–H and O–H groups in total. The lowest BCUT2D eigenvalue weighted by molar-refractivity contribution is 0.122. The maximum absolute atomic E-state index is 13.7. The molecule has 0 radical (unpaired) electrons. The van der Waals surface area contributed by atoms with Gasteiger partial charge in [0.25, 0.3) is 0 Å². The average Bonchev–Trinajstić information content (AvgIpc) is 2.88. The largest absolute Gasteiger partial charge is 0.390 e. The van der Waals surface area contributed by atoms with E-state index >= 15 is 0 Å². The van der Waals surface area contributed by atoms with Gasteiger partial charge in [0.15, 0.2) is 9.84 Å². The van der Waals surface area contributed by atoms with Gasteiger partial charge < -0.3 is 21.1 Å². The Morgan fingerprint density at radius 2 is 1.74 bits per heavy atom. The van der Waals surface area contributed by atoms with Crippen LogP contribution in [0, 0.1) is 11.6 Å². The van der Waals surface area contributed by atoms with Gasteiger partial charge in [0, 0.05) is 24.3 Å². The number of sulfone groups is 1. The van der Waals surface area contributed by atoms with Crippen LogP contribution in [0.5, 0.6) is 0 Å². The van der Waals surface area contributed by atoms with E-state index in [0.717, 1.165) is 29.2 Å². The Labute approximate surface area is 227 Å². The van der Waals surface area contributed by atoms with Crippen molar-refractivity contribution in [2.24, 2.45) is 0 Å². The van der Waals surface area contributed by atoms with Gasteiger partial charge in [0.2, 0.25) is 0 Å². The van der Waals surface area contributed by atoms with Crippen LogP contribution < -0.4 is 16.0 Å². The number of amides is 2. The number of anilines is 1. The molecule has 0 bridgehead atoms. The van der Waals surface area contributed by atoms with Gasteiger partial charge in [-0.05, 0) is 65.8 Å². The van der Waals surface area contributed by atoms with E-state index in [1.807, 2.05) is 31.2 Å². The van der Waals surface area contributed by atoms with Crippen molar-refractivity contribution in [1.29, 1.82) is 0 Å². The molecule has 7 nitrogen and oxygen atoms in total. The monoisotopic (exact) mass is 557 g/mol.